The summed E-state index contributed by atoms with van der Waals surface area (Å²) in [6.07, 6.45) is 1.77. The van der Waals surface area contributed by atoms with Crippen LogP contribution in [0.3, 0.4) is 0 Å². The molecule has 212 valence electrons. The average Bonchev–Trinajstić information content (AvgIpc) is 3.48. The largest absolute Gasteiger partial charge is 0.456 e. The standard InChI is InChI=1S/C41H26NO2P/c43-45(28-11-3-1-4-12-28,29-13-5-2-6-14-29)30-20-22-39(42-26-30)27-19-21-35-38-24-36-33-17-9-7-15-31(33)32-16-8-10-18-34(32)37(36)25-41(38)44-40(35)23-27/h1-26H. The number of pyridine rings is 1. The molecule has 2 aromatic heterocycles. The van der Waals surface area contributed by atoms with Crippen LogP contribution < -0.4 is 15.9 Å². The molecule has 0 amide bonds. The molecule has 0 unspecified atom stereocenters. The molecule has 0 saturated heterocycles. The Morgan fingerprint density at radius 3 is 1.53 bits per heavy atom. The molecule has 0 aliphatic carbocycles. The Labute approximate surface area is 259 Å². The first-order valence-corrected chi connectivity index (χ1v) is 16.8. The van der Waals surface area contributed by atoms with Crippen LogP contribution in [0.25, 0.3) is 65.5 Å². The summed E-state index contributed by atoms with van der Waals surface area (Å²) in [5, 5.41) is 11.8. The lowest BCUT2D eigenvalue weighted by Crippen LogP contribution is -2.25. The van der Waals surface area contributed by atoms with Crippen LogP contribution in [-0.2, 0) is 4.57 Å². The SMILES string of the molecule is O=P(c1ccccc1)(c1ccccc1)c1ccc(-c2ccc3c(c2)oc2cc4c5ccccc5c5ccccc5c4cc23)nc1. The first-order chi connectivity index (χ1) is 22.2. The van der Waals surface area contributed by atoms with Crippen molar-refractivity contribution in [2.45, 2.75) is 0 Å². The van der Waals surface area contributed by atoms with Crippen molar-refractivity contribution in [3.63, 3.8) is 0 Å². The van der Waals surface area contributed by atoms with E-state index in [4.69, 9.17) is 9.40 Å². The van der Waals surface area contributed by atoms with Gasteiger partial charge in [0.15, 0.2) is 7.14 Å². The molecule has 9 rings (SSSR count). The predicted octanol–water partition coefficient (Wildman–Crippen LogP) is 9.75. The Morgan fingerprint density at radius 1 is 0.422 bits per heavy atom. The summed E-state index contributed by atoms with van der Waals surface area (Å²) < 4.78 is 21.3. The second-order valence-electron chi connectivity index (χ2n) is 11.5. The van der Waals surface area contributed by atoms with Crippen molar-refractivity contribution in [1.29, 1.82) is 0 Å². The van der Waals surface area contributed by atoms with Crippen molar-refractivity contribution in [3.05, 3.63) is 158 Å². The monoisotopic (exact) mass is 595 g/mol. The van der Waals surface area contributed by atoms with E-state index in [1.54, 1.807) is 6.20 Å². The van der Waals surface area contributed by atoms with Crippen molar-refractivity contribution < 1.29 is 8.98 Å². The molecule has 0 spiro atoms. The van der Waals surface area contributed by atoms with Crippen LogP contribution in [0, 0.1) is 0 Å². The molecular weight excluding hydrogens is 569 g/mol. The van der Waals surface area contributed by atoms with E-state index in [2.05, 4.69) is 78.9 Å². The molecule has 0 aliphatic heterocycles. The number of nitrogens with zero attached hydrogens (tertiary/aromatic N) is 1. The summed E-state index contributed by atoms with van der Waals surface area (Å²) in [5.41, 5.74) is 3.43. The number of benzene rings is 7. The van der Waals surface area contributed by atoms with E-state index in [0.29, 0.717) is 5.30 Å². The molecular formula is C41H26NO2P. The number of rotatable bonds is 4. The van der Waals surface area contributed by atoms with Gasteiger partial charge in [0.05, 0.1) is 5.69 Å². The zero-order valence-corrected chi connectivity index (χ0v) is 25.1. The maximum Gasteiger partial charge on any atom is 0.172 e. The van der Waals surface area contributed by atoms with E-state index in [1.165, 1.54) is 32.3 Å². The normalized spacial score (nSPS) is 12.1. The van der Waals surface area contributed by atoms with Crippen LogP contribution in [0.2, 0.25) is 0 Å². The summed E-state index contributed by atoms with van der Waals surface area (Å²) in [5.74, 6) is 0. The number of hydrogen-bond donors (Lipinski definition) is 0. The second-order valence-corrected chi connectivity index (χ2v) is 14.2. The minimum absolute atomic E-state index is 0.708. The number of hydrogen-bond acceptors (Lipinski definition) is 3. The highest BCUT2D eigenvalue weighted by Crippen LogP contribution is 2.43. The van der Waals surface area contributed by atoms with Gasteiger partial charge in [0.2, 0.25) is 0 Å². The molecule has 4 heteroatoms. The minimum atomic E-state index is -3.08. The fourth-order valence-corrected chi connectivity index (χ4v) is 9.38. The molecule has 0 bridgehead atoms. The van der Waals surface area contributed by atoms with Gasteiger partial charge in [0.1, 0.15) is 11.2 Å². The lowest BCUT2D eigenvalue weighted by Gasteiger charge is -2.19. The van der Waals surface area contributed by atoms with Gasteiger partial charge in [-0.2, -0.15) is 0 Å². The van der Waals surface area contributed by atoms with Gasteiger partial charge in [0.25, 0.3) is 0 Å². The topological polar surface area (TPSA) is 43.1 Å². The van der Waals surface area contributed by atoms with Crippen molar-refractivity contribution in [2.24, 2.45) is 0 Å². The predicted molar refractivity (Wildman–Crippen MR) is 189 cm³/mol. The van der Waals surface area contributed by atoms with Gasteiger partial charge >= 0.3 is 0 Å². The van der Waals surface area contributed by atoms with Crippen LogP contribution in [-0.4, -0.2) is 4.98 Å². The smallest absolute Gasteiger partial charge is 0.172 e. The molecule has 0 atom stereocenters. The quantitative estimate of drug-likeness (QED) is 0.150. The minimum Gasteiger partial charge on any atom is -0.456 e. The van der Waals surface area contributed by atoms with Crippen LogP contribution >= 0.6 is 7.14 Å². The van der Waals surface area contributed by atoms with E-state index < -0.39 is 7.14 Å². The zero-order chi connectivity index (χ0) is 30.0. The van der Waals surface area contributed by atoms with E-state index in [1.807, 2.05) is 72.8 Å². The lowest BCUT2D eigenvalue weighted by atomic mass is 9.93. The van der Waals surface area contributed by atoms with Crippen molar-refractivity contribution in [3.8, 4) is 11.3 Å². The van der Waals surface area contributed by atoms with Gasteiger partial charge in [-0.05, 0) is 68.7 Å². The van der Waals surface area contributed by atoms with Gasteiger partial charge in [0, 0.05) is 38.4 Å². The highest BCUT2D eigenvalue weighted by Gasteiger charge is 2.30. The molecule has 0 aliphatic rings. The van der Waals surface area contributed by atoms with E-state index >= 15 is 0 Å². The van der Waals surface area contributed by atoms with E-state index in [9.17, 15) is 4.57 Å². The van der Waals surface area contributed by atoms with Gasteiger partial charge in [-0.3, -0.25) is 4.98 Å². The van der Waals surface area contributed by atoms with Crippen molar-refractivity contribution >= 4 is 77.3 Å². The van der Waals surface area contributed by atoms with E-state index in [0.717, 1.165) is 43.8 Å². The van der Waals surface area contributed by atoms with Gasteiger partial charge in [-0.15, -0.1) is 0 Å². The molecule has 0 radical (unpaired) electrons. The second kappa shape index (κ2) is 10.0. The molecule has 9 aromatic rings. The van der Waals surface area contributed by atoms with E-state index in [-0.39, 0.29) is 0 Å². The third-order valence-corrected chi connectivity index (χ3v) is 12.0. The van der Waals surface area contributed by atoms with Gasteiger partial charge in [-0.1, -0.05) is 115 Å². The van der Waals surface area contributed by atoms with Crippen LogP contribution in [0.4, 0.5) is 0 Å². The van der Waals surface area contributed by atoms with Gasteiger partial charge in [-0.25, -0.2) is 0 Å². The molecule has 2 heterocycles. The third-order valence-electron chi connectivity index (χ3n) is 8.98. The average molecular weight is 596 g/mol. The number of aromatic nitrogens is 1. The van der Waals surface area contributed by atoms with Gasteiger partial charge < -0.3 is 8.98 Å². The first-order valence-electron chi connectivity index (χ1n) is 15.1. The molecule has 7 aromatic carbocycles. The number of furan rings is 1. The van der Waals surface area contributed by atoms with Crippen LogP contribution in [0.1, 0.15) is 0 Å². The lowest BCUT2D eigenvalue weighted by molar-refractivity contribution is 0.592. The van der Waals surface area contributed by atoms with Crippen molar-refractivity contribution in [2.75, 3.05) is 0 Å². The third kappa shape index (κ3) is 3.98. The Hall–Kier alpha value is -5.50. The molecule has 0 N–H and O–H groups in total. The molecule has 3 nitrogen and oxygen atoms in total. The highest BCUT2D eigenvalue weighted by molar-refractivity contribution is 7.85. The Kier molecular flexibility index (Phi) is 5.78. The maximum atomic E-state index is 14.7. The Balaban J connectivity index is 1.17. The summed E-state index contributed by atoms with van der Waals surface area (Å²) in [6.45, 7) is 0. The summed E-state index contributed by atoms with van der Waals surface area (Å²) in [7, 11) is -3.08. The summed E-state index contributed by atoms with van der Waals surface area (Å²) in [4.78, 5) is 4.83. The maximum absolute atomic E-state index is 14.7. The van der Waals surface area contributed by atoms with Crippen LogP contribution in [0.15, 0.2) is 162 Å². The first kappa shape index (κ1) is 25.9. The van der Waals surface area contributed by atoms with Crippen molar-refractivity contribution in [1.82, 2.24) is 4.98 Å². The Bertz CT molecular complexity index is 2560. The fourth-order valence-electron chi connectivity index (χ4n) is 6.80. The highest BCUT2D eigenvalue weighted by atomic mass is 31.2. The zero-order valence-electron chi connectivity index (χ0n) is 24.2. The molecule has 0 saturated carbocycles. The number of fused-ring (bicyclic) bond motifs is 9. The summed E-state index contributed by atoms with van der Waals surface area (Å²) >= 11 is 0. The molecule has 45 heavy (non-hydrogen) atoms. The molecule has 0 fully saturated rings. The summed E-state index contributed by atoms with van der Waals surface area (Å²) in [6, 6.07) is 51.3. The van der Waals surface area contributed by atoms with Crippen LogP contribution in [0.5, 0.6) is 0 Å². The fraction of sp³-hybridized carbons (Fsp3) is 0. The Morgan fingerprint density at radius 2 is 0.956 bits per heavy atom.